The molecule has 0 saturated heterocycles. The quantitative estimate of drug-likeness (QED) is 0.602. The molecule has 0 amide bonds. The molecular weight excluding hydrogens is 232 g/mol. The molecule has 0 spiro atoms. The van der Waals surface area contributed by atoms with Crippen molar-refractivity contribution in [1.29, 1.82) is 5.26 Å². The molecule has 18 heavy (non-hydrogen) atoms. The van der Waals surface area contributed by atoms with E-state index in [1.165, 1.54) is 18.2 Å². The van der Waals surface area contributed by atoms with Gasteiger partial charge >= 0.3 is 5.97 Å². The van der Waals surface area contributed by atoms with Gasteiger partial charge in [-0.15, -0.1) is 0 Å². The number of esters is 1. The summed E-state index contributed by atoms with van der Waals surface area (Å²) in [6.45, 7) is 1.99. The van der Waals surface area contributed by atoms with Gasteiger partial charge in [0.25, 0.3) is 5.69 Å². The van der Waals surface area contributed by atoms with Crippen LogP contribution in [0.4, 0.5) is 5.69 Å². The third kappa shape index (κ3) is 2.38. The Bertz CT molecular complexity index is 542. The molecule has 0 bridgehead atoms. The van der Waals surface area contributed by atoms with Gasteiger partial charge in [0, 0.05) is 28.6 Å². The number of ether oxygens (including phenoxy) is 1. The van der Waals surface area contributed by atoms with Crippen LogP contribution in [0, 0.1) is 16.2 Å². The average Bonchev–Trinajstić information content (AvgIpc) is 3.21. The Kier molecular flexibility index (Phi) is 3.38. The number of carbonyl (C=O) groups is 1. The molecule has 1 saturated carbocycles. The highest BCUT2D eigenvalue weighted by Gasteiger charge is 2.40. The third-order valence-corrected chi connectivity index (χ3v) is 2.75. The van der Waals surface area contributed by atoms with Crippen molar-refractivity contribution in [2.24, 2.45) is 0 Å². The molecule has 0 aliphatic heterocycles. The van der Waals surface area contributed by atoms with Gasteiger partial charge in [-0.2, -0.15) is 5.26 Å². The van der Waals surface area contributed by atoms with Crippen LogP contribution in [0.25, 0.3) is 0 Å². The topological polar surface area (TPSA) is 70.2 Å². The molecule has 5 nitrogen and oxygen atoms in total. The molecule has 0 heterocycles. The van der Waals surface area contributed by atoms with E-state index in [0.29, 0.717) is 5.56 Å². The first-order valence-corrected chi connectivity index (χ1v) is 5.85. The maximum Gasteiger partial charge on any atom is 0.338 e. The van der Waals surface area contributed by atoms with Crippen molar-refractivity contribution in [1.82, 2.24) is 0 Å². The highest BCUT2D eigenvalue weighted by Crippen LogP contribution is 2.31. The molecule has 1 aromatic rings. The molecular formula is C13H13N2O3+. The first-order valence-electron chi connectivity index (χ1n) is 5.85. The summed E-state index contributed by atoms with van der Waals surface area (Å²) in [5, 5.41) is 8.97. The molecule has 5 heteroatoms. The van der Waals surface area contributed by atoms with E-state index in [4.69, 9.17) is 10.00 Å². The van der Waals surface area contributed by atoms with Crippen LogP contribution in [0.15, 0.2) is 18.2 Å². The van der Waals surface area contributed by atoms with Gasteiger partial charge in [-0.05, 0) is 19.1 Å². The van der Waals surface area contributed by atoms with Crippen LogP contribution in [-0.2, 0) is 4.74 Å². The van der Waals surface area contributed by atoms with Crippen molar-refractivity contribution in [3.8, 4) is 6.07 Å². The Morgan fingerprint density at radius 3 is 2.83 bits per heavy atom. The molecule has 0 radical (unpaired) electrons. The number of nitrogens with zero attached hydrogens (tertiary/aromatic N) is 2. The van der Waals surface area contributed by atoms with E-state index in [-0.39, 0.29) is 23.9 Å². The van der Waals surface area contributed by atoms with Gasteiger partial charge in [0.2, 0.25) is 6.04 Å². The lowest BCUT2D eigenvalue weighted by Gasteiger charge is -2.02. The average molecular weight is 245 g/mol. The highest BCUT2D eigenvalue weighted by atomic mass is 16.5. The molecule has 1 fully saturated rings. The second-order valence-corrected chi connectivity index (χ2v) is 4.12. The van der Waals surface area contributed by atoms with Crippen molar-refractivity contribution in [2.45, 2.75) is 25.8 Å². The lowest BCUT2D eigenvalue weighted by atomic mass is 10.1. The Balaban J connectivity index is 2.36. The van der Waals surface area contributed by atoms with Crippen LogP contribution < -0.4 is 0 Å². The second kappa shape index (κ2) is 4.96. The van der Waals surface area contributed by atoms with Gasteiger partial charge in [0.15, 0.2) is 0 Å². The molecule has 2 rings (SSSR count). The maximum atomic E-state index is 11.9. The predicted octanol–water partition coefficient (Wildman–Crippen LogP) is 2.31. The highest BCUT2D eigenvalue weighted by molar-refractivity contribution is 5.90. The SMILES string of the molecule is CCOC(=O)c1ccc(C#N)c([N+](=O)C2CC2)c1. The summed E-state index contributed by atoms with van der Waals surface area (Å²) in [7, 11) is 0. The zero-order valence-electron chi connectivity index (χ0n) is 10.0. The molecule has 1 aliphatic carbocycles. The summed E-state index contributed by atoms with van der Waals surface area (Å²) in [5.41, 5.74) is 0.836. The van der Waals surface area contributed by atoms with Crippen LogP contribution in [0.2, 0.25) is 0 Å². The lowest BCUT2D eigenvalue weighted by Crippen LogP contribution is -2.09. The summed E-state index contributed by atoms with van der Waals surface area (Å²) in [6.07, 6.45) is 1.66. The predicted molar refractivity (Wildman–Crippen MR) is 63.4 cm³/mol. The number of nitriles is 1. The lowest BCUT2D eigenvalue weighted by molar-refractivity contribution is -0.478. The summed E-state index contributed by atoms with van der Waals surface area (Å²) < 4.78 is 5.69. The maximum absolute atomic E-state index is 11.9. The minimum absolute atomic E-state index is 0.0606. The molecule has 0 N–H and O–H groups in total. The van der Waals surface area contributed by atoms with E-state index in [1.807, 2.05) is 6.07 Å². The largest absolute Gasteiger partial charge is 0.462 e. The monoisotopic (exact) mass is 245 g/mol. The van der Waals surface area contributed by atoms with Gasteiger partial charge in [0.05, 0.1) is 12.2 Å². The van der Waals surface area contributed by atoms with Crippen LogP contribution >= 0.6 is 0 Å². The van der Waals surface area contributed by atoms with E-state index in [1.54, 1.807) is 6.92 Å². The molecule has 0 atom stereocenters. The first-order chi connectivity index (χ1) is 8.67. The van der Waals surface area contributed by atoms with Crippen molar-refractivity contribution in [3.63, 3.8) is 0 Å². The van der Waals surface area contributed by atoms with Gasteiger partial charge in [-0.1, -0.05) is 0 Å². The zero-order chi connectivity index (χ0) is 13.1. The van der Waals surface area contributed by atoms with E-state index >= 15 is 0 Å². The number of rotatable bonds is 4. The summed E-state index contributed by atoms with van der Waals surface area (Å²) in [5.74, 6) is -0.479. The minimum Gasteiger partial charge on any atom is -0.462 e. The Morgan fingerprint density at radius 2 is 2.28 bits per heavy atom. The minimum atomic E-state index is -0.479. The number of nitroso groups, excluding NO2 is 1. The number of hydrogen-bond acceptors (Lipinski definition) is 4. The summed E-state index contributed by atoms with van der Waals surface area (Å²) in [4.78, 5) is 23.5. The van der Waals surface area contributed by atoms with Crippen molar-refractivity contribution in [2.75, 3.05) is 6.61 Å². The van der Waals surface area contributed by atoms with Crippen LogP contribution in [0.5, 0.6) is 0 Å². The van der Waals surface area contributed by atoms with Crippen LogP contribution in [0.3, 0.4) is 0 Å². The normalized spacial score (nSPS) is 13.8. The fraction of sp³-hybridized carbons (Fsp3) is 0.385. The standard InChI is InChI=1S/C13H13N2O3/c1-2-18-13(16)9-3-4-10(8-14)12(7-9)15(17)11-5-6-11/h3-4,7,11H,2,5-6H2,1H3/q+1. The van der Waals surface area contributed by atoms with E-state index in [2.05, 4.69) is 0 Å². The summed E-state index contributed by atoms with van der Waals surface area (Å²) >= 11 is 0. The third-order valence-electron chi connectivity index (χ3n) is 2.75. The number of hydrogen-bond donors (Lipinski definition) is 0. The van der Waals surface area contributed by atoms with Gasteiger partial charge in [0.1, 0.15) is 11.6 Å². The van der Waals surface area contributed by atoms with E-state index in [0.717, 1.165) is 17.6 Å². The number of carbonyl (C=O) groups excluding carboxylic acids is 1. The van der Waals surface area contributed by atoms with Crippen molar-refractivity contribution >= 4 is 11.7 Å². The smallest absolute Gasteiger partial charge is 0.338 e. The zero-order valence-corrected chi connectivity index (χ0v) is 10.0. The fourth-order valence-corrected chi connectivity index (χ4v) is 1.66. The second-order valence-electron chi connectivity index (χ2n) is 4.12. The molecule has 92 valence electrons. The Morgan fingerprint density at radius 1 is 1.56 bits per heavy atom. The number of benzene rings is 1. The Hall–Kier alpha value is -2.22. The Labute approximate surface area is 105 Å². The molecule has 0 aromatic heterocycles. The van der Waals surface area contributed by atoms with Crippen molar-refractivity contribution < 1.29 is 14.3 Å². The van der Waals surface area contributed by atoms with Gasteiger partial charge in [-0.3, -0.25) is 0 Å². The van der Waals surface area contributed by atoms with Crippen molar-refractivity contribution in [3.05, 3.63) is 34.2 Å². The molecule has 1 aliphatic rings. The first kappa shape index (κ1) is 12.2. The molecule has 0 unspecified atom stereocenters. The molecule has 1 aromatic carbocycles. The van der Waals surface area contributed by atoms with E-state index < -0.39 is 5.97 Å². The fourth-order valence-electron chi connectivity index (χ4n) is 1.66. The van der Waals surface area contributed by atoms with Gasteiger partial charge in [-0.25, -0.2) is 4.79 Å². The van der Waals surface area contributed by atoms with Crippen LogP contribution in [0.1, 0.15) is 35.7 Å². The van der Waals surface area contributed by atoms with Crippen LogP contribution in [-0.4, -0.2) is 23.4 Å². The van der Waals surface area contributed by atoms with Gasteiger partial charge < -0.3 is 4.74 Å². The summed E-state index contributed by atoms with van der Waals surface area (Å²) in [6, 6.07) is 6.32. The van der Waals surface area contributed by atoms with E-state index in [9.17, 15) is 9.70 Å².